The smallest absolute Gasteiger partial charge is 0.245 e. The summed E-state index contributed by atoms with van der Waals surface area (Å²) in [4.78, 5) is 19.0. The summed E-state index contributed by atoms with van der Waals surface area (Å²) in [5, 5.41) is 21.0. The highest BCUT2D eigenvalue weighted by molar-refractivity contribution is 7.18. The number of nitrogens with zero attached hydrogens (tertiary/aromatic N) is 8. The van der Waals surface area contributed by atoms with Gasteiger partial charge in [0.05, 0.1) is 33.5 Å². The van der Waals surface area contributed by atoms with E-state index in [2.05, 4.69) is 30.4 Å². The van der Waals surface area contributed by atoms with E-state index in [9.17, 15) is 26.3 Å². The van der Waals surface area contributed by atoms with Gasteiger partial charge in [0.15, 0.2) is 20.0 Å². The zero-order chi connectivity index (χ0) is 38.6. The molecule has 0 aliphatic carbocycles. The van der Waals surface area contributed by atoms with E-state index in [4.69, 9.17) is 9.97 Å². The van der Waals surface area contributed by atoms with E-state index in [1.807, 2.05) is 36.4 Å². The first-order valence-electron chi connectivity index (χ1n) is 16.6. The summed E-state index contributed by atoms with van der Waals surface area (Å²) in [6, 6.07) is 31.5. The lowest BCUT2D eigenvalue weighted by molar-refractivity contribution is -0.138. The summed E-state index contributed by atoms with van der Waals surface area (Å²) in [5.41, 5.74) is 3.08. The topological polar surface area (TPSA) is 103 Å². The first-order chi connectivity index (χ1) is 27.0. The van der Waals surface area contributed by atoms with Gasteiger partial charge in [-0.3, -0.25) is 0 Å². The van der Waals surface area contributed by atoms with Gasteiger partial charge >= 0.3 is 12.4 Å². The number of hydrogen-bond donors (Lipinski definition) is 0. The van der Waals surface area contributed by atoms with E-state index >= 15 is 0 Å². The van der Waals surface area contributed by atoms with Crippen LogP contribution in [0.15, 0.2) is 121 Å². The Morgan fingerprint density at radius 3 is 1.09 bits per heavy atom. The average molecular weight is 791 g/mol. The van der Waals surface area contributed by atoms with Crippen LogP contribution in [0.2, 0.25) is 0 Å². The van der Waals surface area contributed by atoms with Crippen molar-refractivity contribution >= 4 is 44.5 Å². The molecular formula is C40H20F6N8S2. The van der Waals surface area contributed by atoms with Gasteiger partial charge in [-0.05, 0) is 60.7 Å². The van der Waals surface area contributed by atoms with Gasteiger partial charge in [0.2, 0.25) is 0 Å². The second-order valence-corrected chi connectivity index (χ2v) is 14.4. The second-order valence-electron chi connectivity index (χ2n) is 12.4. The third-order valence-electron chi connectivity index (χ3n) is 8.72. The van der Waals surface area contributed by atoms with Gasteiger partial charge in [-0.25, -0.2) is 19.9 Å². The lowest BCUT2D eigenvalue weighted by Crippen LogP contribution is -2.04. The van der Waals surface area contributed by atoms with Crippen molar-refractivity contribution in [3.8, 4) is 65.3 Å². The van der Waals surface area contributed by atoms with E-state index < -0.39 is 23.5 Å². The van der Waals surface area contributed by atoms with Crippen molar-refractivity contribution in [3.63, 3.8) is 0 Å². The van der Waals surface area contributed by atoms with Gasteiger partial charge in [-0.15, -0.1) is 20.4 Å². The Bertz CT molecular complexity index is 2740. The van der Waals surface area contributed by atoms with Crippen LogP contribution in [0.1, 0.15) is 11.1 Å². The van der Waals surface area contributed by atoms with Gasteiger partial charge in [-0.1, -0.05) is 83.3 Å². The van der Waals surface area contributed by atoms with Gasteiger partial charge in [-0.2, -0.15) is 26.3 Å². The number of aromatic nitrogens is 8. The average Bonchev–Trinajstić information content (AvgIpc) is 3.92. The minimum atomic E-state index is -4.48. The van der Waals surface area contributed by atoms with Crippen molar-refractivity contribution in [2.75, 3.05) is 0 Å². The number of rotatable bonds is 6. The standard InChI is InChI=1S/C40H20F6N8S2/c41-39(42,43)25-7-1-5-23(19-25)27-9-3-11-29(47-27)35-51-53-37(55-35)31-17-15-21-13-14-22-16-18-32(50-34(22)33(21)49-31)38-54-52-36(56-38)30-12-4-10-28(48-30)24-6-2-8-26(20-24)40(44,45)46/h1-20H. The monoisotopic (exact) mass is 790 g/mol. The highest BCUT2D eigenvalue weighted by Gasteiger charge is 2.31. The van der Waals surface area contributed by atoms with Gasteiger partial charge in [0.25, 0.3) is 0 Å². The first-order valence-corrected chi connectivity index (χ1v) is 18.3. The molecule has 3 aromatic carbocycles. The fourth-order valence-electron chi connectivity index (χ4n) is 6.01. The van der Waals surface area contributed by atoms with Crippen molar-refractivity contribution in [1.82, 2.24) is 40.3 Å². The molecule has 0 saturated heterocycles. The number of fused-ring (bicyclic) bond motifs is 3. The minimum absolute atomic E-state index is 0.325. The third kappa shape index (κ3) is 6.84. The molecule has 0 saturated carbocycles. The van der Waals surface area contributed by atoms with Crippen LogP contribution in [0, 0.1) is 0 Å². The van der Waals surface area contributed by atoms with Crippen molar-refractivity contribution in [2.24, 2.45) is 0 Å². The summed E-state index contributed by atoms with van der Waals surface area (Å²) in [6.45, 7) is 0. The molecule has 56 heavy (non-hydrogen) atoms. The molecule has 0 spiro atoms. The van der Waals surface area contributed by atoms with Crippen LogP contribution in [0.5, 0.6) is 0 Å². The van der Waals surface area contributed by atoms with Crippen LogP contribution < -0.4 is 0 Å². The van der Waals surface area contributed by atoms with E-state index in [1.165, 1.54) is 34.8 Å². The highest BCUT2D eigenvalue weighted by Crippen LogP contribution is 2.37. The van der Waals surface area contributed by atoms with Crippen LogP contribution >= 0.6 is 22.7 Å². The van der Waals surface area contributed by atoms with Crippen LogP contribution in [0.4, 0.5) is 26.3 Å². The van der Waals surface area contributed by atoms with Crippen LogP contribution in [0.25, 0.3) is 87.1 Å². The number of hydrogen-bond acceptors (Lipinski definition) is 10. The number of pyridine rings is 4. The molecule has 6 heterocycles. The summed E-state index contributed by atoms with van der Waals surface area (Å²) < 4.78 is 80.1. The molecule has 16 heteroatoms. The van der Waals surface area contributed by atoms with Gasteiger partial charge in [0, 0.05) is 21.9 Å². The maximum Gasteiger partial charge on any atom is 0.416 e. The zero-order valence-electron chi connectivity index (χ0n) is 28.2. The van der Waals surface area contributed by atoms with Gasteiger partial charge in [0.1, 0.15) is 22.8 Å². The molecule has 0 amide bonds. The molecule has 0 unspecified atom stereocenters. The summed E-state index contributed by atoms with van der Waals surface area (Å²) in [5.74, 6) is 0. The van der Waals surface area contributed by atoms with Crippen molar-refractivity contribution in [2.45, 2.75) is 12.4 Å². The summed E-state index contributed by atoms with van der Waals surface area (Å²) in [7, 11) is 0. The number of benzene rings is 3. The van der Waals surface area contributed by atoms with E-state index in [-0.39, 0.29) is 0 Å². The van der Waals surface area contributed by atoms with Gasteiger partial charge < -0.3 is 0 Å². The molecule has 6 aromatic heterocycles. The minimum Gasteiger partial charge on any atom is -0.245 e. The van der Waals surface area contributed by atoms with E-state index in [0.717, 1.165) is 35.0 Å². The first kappa shape index (κ1) is 35.2. The molecule has 8 nitrogen and oxygen atoms in total. The molecule has 0 fully saturated rings. The molecule has 0 aliphatic rings. The van der Waals surface area contributed by atoms with Crippen LogP contribution in [0.3, 0.4) is 0 Å². The zero-order valence-corrected chi connectivity index (χ0v) is 29.8. The molecule has 9 rings (SSSR count). The molecule has 0 radical (unpaired) electrons. The Morgan fingerprint density at radius 1 is 0.357 bits per heavy atom. The summed E-state index contributed by atoms with van der Waals surface area (Å²) in [6.07, 6.45) is -8.96. The van der Waals surface area contributed by atoms with Crippen LogP contribution in [-0.2, 0) is 12.4 Å². The largest absolute Gasteiger partial charge is 0.416 e. The molecule has 0 atom stereocenters. The predicted molar refractivity (Wildman–Crippen MR) is 202 cm³/mol. The molecule has 0 N–H and O–H groups in total. The normalized spacial score (nSPS) is 12.1. The maximum absolute atomic E-state index is 13.3. The SMILES string of the molecule is FC(F)(F)c1cccc(-c2cccc(-c3nnc(-c4ccc5ccc6ccc(-c7nnc(-c8cccc(-c9cccc(C(F)(F)F)c9)n8)s7)nc6c5n4)s3)n2)c1. The predicted octanol–water partition coefficient (Wildman–Crippen LogP) is 11.3. The highest BCUT2D eigenvalue weighted by atomic mass is 32.1. The molecule has 9 aromatic rings. The number of halogens is 6. The Kier molecular flexibility index (Phi) is 8.58. The Morgan fingerprint density at radius 2 is 0.696 bits per heavy atom. The lowest BCUT2D eigenvalue weighted by atomic mass is 10.1. The van der Waals surface area contributed by atoms with E-state index in [0.29, 0.717) is 76.4 Å². The van der Waals surface area contributed by atoms with Crippen molar-refractivity contribution < 1.29 is 26.3 Å². The van der Waals surface area contributed by atoms with E-state index in [1.54, 1.807) is 48.5 Å². The molecule has 274 valence electrons. The fraction of sp³-hybridized carbons (Fsp3) is 0.0500. The van der Waals surface area contributed by atoms with Crippen LogP contribution in [-0.4, -0.2) is 40.3 Å². The second kappa shape index (κ2) is 13.6. The lowest BCUT2D eigenvalue weighted by Gasteiger charge is -2.09. The third-order valence-corrected chi connectivity index (χ3v) is 10.7. The quantitative estimate of drug-likeness (QED) is 0.121. The Hall–Kier alpha value is -6.52. The van der Waals surface area contributed by atoms with Crippen molar-refractivity contribution in [1.29, 1.82) is 0 Å². The summed E-state index contributed by atoms with van der Waals surface area (Å²) >= 11 is 2.49. The van der Waals surface area contributed by atoms with Crippen molar-refractivity contribution in [3.05, 3.63) is 132 Å². The Balaban J connectivity index is 1.02. The maximum atomic E-state index is 13.3. The molecule has 0 bridgehead atoms. The molecule has 0 aliphatic heterocycles. The molecular weight excluding hydrogens is 771 g/mol. The number of alkyl halides is 6. The fourth-order valence-corrected chi connectivity index (χ4v) is 7.57. The Labute approximate surface area is 320 Å².